The summed E-state index contributed by atoms with van der Waals surface area (Å²) in [4.78, 5) is 14.2. The molecule has 5 heteroatoms. The van der Waals surface area contributed by atoms with Gasteiger partial charge in [0, 0.05) is 18.3 Å². The zero-order valence-electron chi connectivity index (χ0n) is 7.14. The quantitative estimate of drug-likeness (QED) is 0.426. The number of hydrogen-bond acceptors (Lipinski definition) is 4. The predicted molar refractivity (Wildman–Crippen MR) is 41.1 cm³/mol. The second kappa shape index (κ2) is 3.84. The number of carboxylic acid groups (broad SMARTS) is 1. The lowest BCUT2D eigenvalue weighted by atomic mass is 10.1. The fourth-order valence-electron chi connectivity index (χ4n) is 0.920. The zero-order chi connectivity index (χ0) is 9.84. The van der Waals surface area contributed by atoms with E-state index in [9.17, 15) is 15.1 Å². The lowest BCUT2D eigenvalue weighted by Gasteiger charge is -2.10. The summed E-state index contributed by atoms with van der Waals surface area (Å²) in [5, 5.41) is 21.1. The van der Waals surface area contributed by atoms with Crippen LogP contribution in [0.1, 0.15) is 12.6 Å². The minimum absolute atomic E-state index is 0.214. The average Bonchev–Trinajstić information content (AvgIpc) is 2.04. The smallest absolute Gasteiger partial charge is 0.201 e. The summed E-state index contributed by atoms with van der Waals surface area (Å²) >= 11 is 0. The minimum atomic E-state index is -1.14. The highest BCUT2D eigenvalue weighted by Crippen LogP contribution is 2.02. The van der Waals surface area contributed by atoms with Crippen molar-refractivity contribution in [3.63, 3.8) is 0 Å². The highest BCUT2D eigenvalue weighted by molar-refractivity contribution is 5.67. The summed E-state index contributed by atoms with van der Waals surface area (Å²) in [5.74, 6) is -1.77. The van der Waals surface area contributed by atoms with Crippen LogP contribution in [0.2, 0.25) is 0 Å². The lowest BCUT2D eigenvalue weighted by molar-refractivity contribution is -0.606. The minimum Gasteiger partial charge on any atom is -0.619 e. The predicted octanol–water partition coefficient (Wildman–Crippen LogP) is -1.36. The first-order valence-electron chi connectivity index (χ1n) is 3.84. The molecule has 0 aliphatic carbocycles. The maximum atomic E-state index is 10.8. The van der Waals surface area contributed by atoms with Gasteiger partial charge in [0.25, 0.3) is 0 Å². The standard InChI is InChI=1S/C8H10N2O3/c1-6(8(11)12)4-7-5-10(13)3-2-9-7/h2-3,5-6H,4H2,1H3,(H,11,12)/p-1. The molecule has 0 bridgehead atoms. The SMILES string of the molecule is CC(Cc1c[n+]([O-])ccn1)C(=O)[O-]. The van der Waals surface area contributed by atoms with Crippen LogP contribution >= 0.6 is 0 Å². The van der Waals surface area contributed by atoms with Gasteiger partial charge in [0.1, 0.15) is 5.69 Å². The molecule has 5 nitrogen and oxygen atoms in total. The lowest BCUT2D eigenvalue weighted by Crippen LogP contribution is -2.32. The first-order chi connectivity index (χ1) is 6.09. The van der Waals surface area contributed by atoms with Crippen LogP contribution in [-0.2, 0) is 11.2 Å². The Morgan fingerprint density at radius 2 is 2.46 bits per heavy atom. The number of nitrogens with zero attached hydrogens (tertiary/aromatic N) is 2. The molecule has 1 atom stereocenters. The van der Waals surface area contributed by atoms with Gasteiger partial charge in [0.05, 0.1) is 6.20 Å². The fraction of sp³-hybridized carbons (Fsp3) is 0.375. The van der Waals surface area contributed by atoms with E-state index < -0.39 is 11.9 Å². The summed E-state index contributed by atoms with van der Waals surface area (Å²) in [6.45, 7) is 1.51. The van der Waals surface area contributed by atoms with Crippen LogP contribution in [0.15, 0.2) is 18.6 Å². The topological polar surface area (TPSA) is 80.0 Å². The van der Waals surface area contributed by atoms with Gasteiger partial charge in [-0.05, 0) is 0 Å². The molecule has 0 saturated carbocycles. The van der Waals surface area contributed by atoms with Crippen LogP contribution < -0.4 is 9.84 Å². The third-order valence-electron chi connectivity index (χ3n) is 1.65. The number of carbonyl (C=O) groups is 1. The summed E-state index contributed by atoms with van der Waals surface area (Å²) in [6, 6.07) is 0. The maximum absolute atomic E-state index is 10.8. The van der Waals surface area contributed by atoms with Crippen molar-refractivity contribution >= 4 is 5.97 Å². The molecule has 0 aliphatic rings. The van der Waals surface area contributed by atoms with E-state index in [1.54, 1.807) is 0 Å². The van der Waals surface area contributed by atoms with Gasteiger partial charge in [-0.2, -0.15) is 4.73 Å². The van der Waals surface area contributed by atoms with Crippen LogP contribution in [0.25, 0.3) is 0 Å². The van der Waals surface area contributed by atoms with E-state index >= 15 is 0 Å². The molecule has 0 saturated heterocycles. The largest absolute Gasteiger partial charge is 0.619 e. The van der Waals surface area contributed by atoms with Crippen molar-refractivity contribution < 1.29 is 14.6 Å². The molecule has 0 radical (unpaired) electrons. The van der Waals surface area contributed by atoms with Crippen molar-refractivity contribution in [3.8, 4) is 0 Å². The molecular formula is C8H9N2O3-. The number of carboxylic acids is 1. The molecule has 1 aromatic rings. The third kappa shape index (κ3) is 2.70. The Morgan fingerprint density at radius 3 is 3.00 bits per heavy atom. The number of aliphatic carboxylic acids is 1. The van der Waals surface area contributed by atoms with Crippen molar-refractivity contribution in [2.24, 2.45) is 5.92 Å². The summed E-state index contributed by atoms with van der Waals surface area (Å²) in [6.07, 6.45) is 4.04. The van der Waals surface area contributed by atoms with Gasteiger partial charge in [-0.3, -0.25) is 0 Å². The second-order valence-electron chi connectivity index (χ2n) is 2.83. The van der Waals surface area contributed by atoms with Gasteiger partial charge in [-0.15, -0.1) is 0 Å². The molecular weight excluding hydrogens is 172 g/mol. The number of aromatic nitrogens is 2. The first kappa shape index (κ1) is 9.44. The van der Waals surface area contributed by atoms with E-state index in [4.69, 9.17) is 0 Å². The molecule has 13 heavy (non-hydrogen) atoms. The van der Waals surface area contributed by atoms with Gasteiger partial charge >= 0.3 is 0 Å². The van der Waals surface area contributed by atoms with Gasteiger partial charge in [-0.25, -0.2) is 4.98 Å². The summed E-state index contributed by atoms with van der Waals surface area (Å²) in [7, 11) is 0. The monoisotopic (exact) mass is 181 g/mol. The van der Waals surface area contributed by atoms with Crippen molar-refractivity contribution in [2.45, 2.75) is 13.3 Å². The average molecular weight is 181 g/mol. The summed E-state index contributed by atoms with van der Waals surface area (Å²) < 4.78 is 0.588. The number of rotatable bonds is 3. The van der Waals surface area contributed by atoms with Gasteiger partial charge in [-0.1, -0.05) is 6.92 Å². The molecule has 1 aromatic heterocycles. The fourth-order valence-corrected chi connectivity index (χ4v) is 0.920. The normalized spacial score (nSPS) is 12.4. The van der Waals surface area contributed by atoms with Crippen LogP contribution in [0, 0.1) is 11.1 Å². The van der Waals surface area contributed by atoms with E-state index in [1.807, 2.05) is 0 Å². The van der Waals surface area contributed by atoms with E-state index in [1.165, 1.54) is 25.5 Å². The third-order valence-corrected chi connectivity index (χ3v) is 1.65. The van der Waals surface area contributed by atoms with Gasteiger partial charge in [0.2, 0.25) is 6.20 Å². The molecule has 0 amide bonds. The van der Waals surface area contributed by atoms with E-state index in [0.29, 0.717) is 10.4 Å². The Labute approximate surface area is 75.2 Å². The summed E-state index contributed by atoms with van der Waals surface area (Å²) in [5.41, 5.74) is 0.453. The molecule has 1 rings (SSSR count). The van der Waals surface area contributed by atoms with Crippen molar-refractivity contribution in [3.05, 3.63) is 29.5 Å². The number of hydrogen-bond donors (Lipinski definition) is 0. The molecule has 1 unspecified atom stereocenters. The molecule has 0 spiro atoms. The first-order valence-corrected chi connectivity index (χ1v) is 3.84. The highest BCUT2D eigenvalue weighted by Gasteiger charge is 2.07. The van der Waals surface area contributed by atoms with Crippen LogP contribution in [0.4, 0.5) is 0 Å². The Bertz CT molecular complexity index is 314. The van der Waals surface area contributed by atoms with Crippen LogP contribution in [0.3, 0.4) is 0 Å². The van der Waals surface area contributed by atoms with E-state index in [2.05, 4.69) is 4.98 Å². The van der Waals surface area contributed by atoms with Crippen molar-refractivity contribution in [2.75, 3.05) is 0 Å². The van der Waals surface area contributed by atoms with Crippen molar-refractivity contribution in [1.29, 1.82) is 0 Å². The molecule has 0 aliphatic heterocycles. The van der Waals surface area contributed by atoms with E-state index in [-0.39, 0.29) is 6.42 Å². The van der Waals surface area contributed by atoms with E-state index in [0.717, 1.165) is 0 Å². The second-order valence-corrected chi connectivity index (χ2v) is 2.83. The van der Waals surface area contributed by atoms with Crippen LogP contribution in [-0.4, -0.2) is 11.0 Å². The molecule has 70 valence electrons. The molecule has 1 heterocycles. The molecule has 0 aromatic carbocycles. The zero-order valence-corrected chi connectivity index (χ0v) is 7.14. The van der Waals surface area contributed by atoms with Crippen molar-refractivity contribution in [1.82, 2.24) is 4.98 Å². The molecule has 0 N–H and O–H groups in total. The Balaban J connectivity index is 2.69. The Morgan fingerprint density at radius 1 is 1.77 bits per heavy atom. The van der Waals surface area contributed by atoms with Gasteiger partial charge in [0.15, 0.2) is 6.20 Å². The number of carbonyl (C=O) groups excluding carboxylic acids is 1. The van der Waals surface area contributed by atoms with Gasteiger partial charge < -0.3 is 15.1 Å². The highest BCUT2D eigenvalue weighted by atomic mass is 16.5. The Kier molecular flexibility index (Phi) is 2.79. The maximum Gasteiger partial charge on any atom is 0.201 e. The molecule has 0 fully saturated rings. The Hall–Kier alpha value is -1.65. The van der Waals surface area contributed by atoms with Crippen LogP contribution in [0.5, 0.6) is 0 Å².